The molecule has 1 fully saturated rings. The lowest BCUT2D eigenvalue weighted by Crippen LogP contribution is -2.47. The van der Waals surface area contributed by atoms with Crippen molar-refractivity contribution in [2.75, 3.05) is 19.7 Å². The molecule has 0 aromatic carbocycles. The van der Waals surface area contributed by atoms with Gasteiger partial charge in [0.2, 0.25) is 0 Å². The fraction of sp³-hybridized carbons (Fsp3) is 0.600. The second-order valence-corrected chi connectivity index (χ2v) is 5.31. The van der Waals surface area contributed by atoms with E-state index in [9.17, 15) is 14.4 Å². The first-order valence-electron chi connectivity index (χ1n) is 7.85. The van der Waals surface area contributed by atoms with E-state index in [1.165, 1.54) is 16.8 Å². The van der Waals surface area contributed by atoms with Gasteiger partial charge in [0.25, 0.3) is 11.5 Å². The molecule has 0 atom stereocenters. The largest absolute Gasteiger partial charge is 0.450 e. The molecule has 0 unspecified atom stereocenters. The van der Waals surface area contributed by atoms with E-state index in [1.807, 2.05) is 0 Å². The molecule has 1 aromatic rings. The maximum Gasteiger partial charge on any atom is 0.409 e. The highest BCUT2D eigenvalue weighted by atomic mass is 16.6. The molecule has 2 heterocycles. The second-order valence-electron chi connectivity index (χ2n) is 5.31. The number of nitrogens with one attached hydrogen (secondary N) is 1. The predicted molar refractivity (Wildman–Crippen MR) is 83.3 cm³/mol. The van der Waals surface area contributed by atoms with Crippen LogP contribution in [0.5, 0.6) is 0 Å². The van der Waals surface area contributed by atoms with Crippen molar-refractivity contribution in [2.24, 2.45) is 0 Å². The summed E-state index contributed by atoms with van der Waals surface area (Å²) < 4.78 is 6.21. The summed E-state index contributed by atoms with van der Waals surface area (Å²) in [5.41, 5.74) is -0.00827. The Morgan fingerprint density at radius 1 is 1.30 bits per heavy atom. The molecule has 8 heteroatoms. The minimum absolute atomic E-state index is 0.0167. The molecule has 0 bridgehead atoms. The highest BCUT2D eigenvalue weighted by molar-refractivity contribution is 5.92. The van der Waals surface area contributed by atoms with Crippen molar-refractivity contribution >= 4 is 12.0 Å². The monoisotopic (exact) mass is 322 g/mol. The Morgan fingerprint density at radius 2 is 2.00 bits per heavy atom. The van der Waals surface area contributed by atoms with Crippen molar-refractivity contribution in [3.8, 4) is 0 Å². The summed E-state index contributed by atoms with van der Waals surface area (Å²) in [4.78, 5) is 37.0. The van der Waals surface area contributed by atoms with Gasteiger partial charge in [-0.2, -0.15) is 5.10 Å². The molecule has 0 radical (unpaired) electrons. The Bertz CT molecular complexity index is 620. The van der Waals surface area contributed by atoms with Gasteiger partial charge in [0.15, 0.2) is 0 Å². The third kappa shape index (κ3) is 4.30. The summed E-state index contributed by atoms with van der Waals surface area (Å²) in [5, 5.41) is 6.93. The van der Waals surface area contributed by atoms with E-state index in [1.54, 1.807) is 18.7 Å². The van der Waals surface area contributed by atoms with Crippen LogP contribution < -0.4 is 10.9 Å². The van der Waals surface area contributed by atoms with E-state index >= 15 is 0 Å². The molecule has 1 aromatic heterocycles. The zero-order chi connectivity index (χ0) is 16.8. The Labute approximate surface area is 134 Å². The minimum atomic E-state index is -0.311. The van der Waals surface area contributed by atoms with Gasteiger partial charge in [0.1, 0.15) is 5.69 Å². The van der Waals surface area contributed by atoms with Gasteiger partial charge in [-0.15, -0.1) is 0 Å². The Balaban J connectivity index is 1.90. The third-order valence-corrected chi connectivity index (χ3v) is 3.75. The summed E-state index contributed by atoms with van der Waals surface area (Å²) >= 11 is 0. The van der Waals surface area contributed by atoms with Gasteiger partial charge in [-0.25, -0.2) is 9.48 Å². The average molecular weight is 322 g/mol. The fourth-order valence-corrected chi connectivity index (χ4v) is 2.48. The number of hydrogen-bond donors (Lipinski definition) is 1. The van der Waals surface area contributed by atoms with Gasteiger partial charge in [0, 0.05) is 31.7 Å². The summed E-state index contributed by atoms with van der Waals surface area (Å²) in [5.74, 6) is -0.304. The summed E-state index contributed by atoms with van der Waals surface area (Å²) in [6, 6.07) is 2.75. The molecular weight excluding hydrogens is 300 g/mol. The van der Waals surface area contributed by atoms with E-state index in [0.717, 1.165) is 0 Å². The van der Waals surface area contributed by atoms with Crippen LogP contribution in [0.4, 0.5) is 4.79 Å². The molecule has 0 saturated carbocycles. The second kappa shape index (κ2) is 7.75. The van der Waals surface area contributed by atoms with Crippen LogP contribution in [-0.4, -0.2) is 52.4 Å². The molecule has 8 nitrogen and oxygen atoms in total. The Hall–Kier alpha value is -2.38. The molecule has 0 aliphatic carbocycles. The number of carbonyl (C=O) groups is 2. The maximum absolute atomic E-state index is 12.2. The van der Waals surface area contributed by atoms with Gasteiger partial charge < -0.3 is 15.0 Å². The first kappa shape index (κ1) is 17.0. The molecule has 126 valence electrons. The molecule has 1 aliphatic rings. The van der Waals surface area contributed by atoms with Crippen molar-refractivity contribution in [3.05, 3.63) is 28.2 Å². The number of amides is 2. The SMILES string of the molecule is CCOC(=O)N1CCC(NC(=O)c2ccc(=O)n(CC)n2)CC1. The van der Waals surface area contributed by atoms with Crippen molar-refractivity contribution < 1.29 is 14.3 Å². The first-order chi connectivity index (χ1) is 11.0. The van der Waals surface area contributed by atoms with Crippen LogP contribution >= 0.6 is 0 Å². The fourth-order valence-electron chi connectivity index (χ4n) is 2.48. The highest BCUT2D eigenvalue weighted by Crippen LogP contribution is 2.12. The lowest BCUT2D eigenvalue weighted by molar-refractivity contribution is 0.0855. The molecule has 2 amide bonds. The lowest BCUT2D eigenvalue weighted by Gasteiger charge is -2.31. The van der Waals surface area contributed by atoms with E-state index < -0.39 is 0 Å². The zero-order valence-electron chi connectivity index (χ0n) is 13.4. The molecule has 2 rings (SSSR count). The van der Waals surface area contributed by atoms with Crippen LogP contribution in [-0.2, 0) is 11.3 Å². The average Bonchev–Trinajstić information content (AvgIpc) is 2.56. The van der Waals surface area contributed by atoms with Crippen LogP contribution in [0.2, 0.25) is 0 Å². The number of ether oxygens (including phenoxy) is 1. The quantitative estimate of drug-likeness (QED) is 0.877. The van der Waals surface area contributed by atoms with E-state index in [4.69, 9.17) is 4.74 Å². The number of piperidine rings is 1. The number of aromatic nitrogens is 2. The molecule has 0 spiro atoms. The summed E-state index contributed by atoms with van der Waals surface area (Å²) in [7, 11) is 0. The smallest absolute Gasteiger partial charge is 0.409 e. The molecule has 1 aliphatic heterocycles. The normalized spacial score (nSPS) is 15.3. The van der Waals surface area contributed by atoms with Gasteiger partial charge in [-0.05, 0) is 32.8 Å². The van der Waals surface area contributed by atoms with E-state index in [-0.39, 0.29) is 29.3 Å². The van der Waals surface area contributed by atoms with Crippen molar-refractivity contribution in [1.82, 2.24) is 20.0 Å². The lowest BCUT2D eigenvalue weighted by atomic mass is 10.1. The highest BCUT2D eigenvalue weighted by Gasteiger charge is 2.25. The van der Waals surface area contributed by atoms with Crippen LogP contribution in [0.3, 0.4) is 0 Å². The molecule has 1 saturated heterocycles. The topological polar surface area (TPSA) is 93.5 Å². The number of nitrogens with zero attached hydrogens (tertiary/aromatic N) is 3. The standard InChI is InChI=1S/C15H22N4O4/c1-3-19-13(20)6-5-12(17-19)14(21)16-11-7-9-18(10-8-11)15(22)23-4-2/h5-6,11H,3-4,7-10H2,1-2H3,(H,16,21). The zero-order valence-corrected chi connectivity index (χ0v) is 13.4. The van der Waals surface area contributed by atoms with E-state index in [2.05, 4.69) is 10.4 Å². The predicted octanol–water partition coefficient (Wildman–Crippen LogP) is 0.614. The van der Waals surface area contributed by atoms with Crippen LogP contribution in [0.15, 0.2) is 16.9 Å². The van der Waals surface area contributed by atoms with Gasteiger partial charge in [0.05, 0.1) is 6.61 Å². The van der Waals surface area contributed by atoms with Crippen molar-refractivity contribution in [3.63, 3.8) is 0 Å². The molecule has 1 N–H and O–H groups in total. The number of rotatable bonds is 4. The Morgan fingerprint density at radius 3 is 2.61 bits per heavy atom. The third-order valence-electron chi connectivity index (χ3n) is 3.75. The van der Waals surface area contributed by atoms with Crippen LogP contribution in [0.1, 0.15) is 37.2 Å². The minimum Gasteiger partial charge on any atom is -0.450 e. The molecular formula is C15H22N4O4. The number of aryl methyl sites for hydroxylation is 1. The number of carbonyl (C=O) groups excluding carboxylic acids is 2. The number of likely N-dealkylation sites (tertiary alicyclic amines) is 1. The first-order valence-corrected chi connectivity index (χ1v) is 7.85. The van der Waals surface area contributed by atoms with Crippen molar-refractivity contribution in [1.29, 1.82) is 0 Å². The number of hydrogen-bond acceptors (Lipinski definition) is 5. The van der Waals surface area contributed by atoms with Gasteiger partial charge in [-0.3, -0.25) is 9.59 Å². The summed E-state index contributed by atoms with van der Waals surface area (Å²) in [6.07, 6.45) is 1.02. The van der Waals surface area contributed by atoms with Crippen molar-refractivity contribution in [2.45, 2.75) is 39.3 Å². The Kier molecular flexibility index (Phi) is 5.72. The van der Waals surface area contributed by atoms with Gasteiger partial charge >= 0.3 is 6.09 Å². The van der Waals surface area contributed by atoms with Crippen LogP contribution in [0, 0.1) is 0 Å². The van der Waals surface area contributed by atoms with E-state index in [0.29, 0.717) is 39.1 Å². The van der Waals surface area contributed by atoms with Gasteiger partial charge in [-0.1, -0.05) is 0 Å². The summed E-state index contributed by atoms with van der Waals surface area (Å²) in [6.45, 7) is 5.43. The van der Waals surface area contributed by atoms with Crippen LogP contribution in [0.25, 0.3) is 0 Å². The molecule has 23 heavy (non-hydrogen) atoms. The maximum atomic E-state index is 12.2.